The Bertz CT molecular complexity index is 1410. The van der Waals surface area contributed by atoms with Gasteiger partial charge in [-0.2, -0.15) is 5.10 Å². The zero-order valence-electron chi connectivity index (χ0n) is 19.0. The Hall–Kier alpha value is -3.52. The predicted octanol–water partition coefficient (Wildman–Crippen LogP) is 4.67. The lowest BCUT2D eigenvalue weighted by Gasteiger charge is -2.09. The third-order valence-corrected chi connectivity index (χ3v) is 7.33. The van der Waals surface area contributed by atoms with E-state index in [1.165, 1.54) is 12.1 Å². The highest BCUT2D eigenvalue weighted by atomic mass is 32.2. The average molecular weight is 480 g/mol. The molecule has 0 fully saturated rings. The molecule has 4 rings (SSSR count). The van der Waals surface area contributed by atoms with Gasteiger partial charge in [0.2, 0.25) is 0 Å². The number of carbonyl (C=O) groups is 1. The van der Waals surface area contributed by atoms with Gasteiger partial charge in [-0.15, -0.1) is 0 Å². The highest BCUT2D eigenvalue weighted by Crippen LogP contribution is 2.22. The van der Waals surface area contributed by atoms with Crippen LogP contribution < -0.4 is 5.32 Å². The van der Waals surface area contributed by atoms with Crippen LogP contribution in [0.5, 0.6) is 0 Å². The Morgan fingerprint density at radius 3 is 2.35 bits per heavy atom. The number of hydrogen-bond acceptors (Lipinski definition) is 4. The van der Waals surface area contributed by atoms with Crippen molar-refractivity contribution in [3.8, 4) is 5.69 Å². The van der Waals surface area contributed by atoms with Crippen molar-refractivity contribution in [2.45, 2.75) is 26.1 Å². The summed E-state index contributed by atoms with van der Waals surface area (Å²) in [5, 5.41) is 7.98. The van der Waals surface area contributed by atoms with Gasteiger partial charge in [-0.05, 0) is 53.4 Å². The first-order chi connectivity index (χ1) is 16.2. The summed E-state index contributed by atoms with van der Waals surface area (Å²) in [6.45, 7) is 4.08. The van der Waals surface area contributed by atoms with E-state index in [9.17, 15) is 17.6 Å². The van der Waals surface area contributed by atoms with Gasteiger partial charge in [-0.25, -0.2) is 17.5 Å². The van der Waals surface area contributed by atoms with Crippen molar-refractivity contribution in [3.63, 3.8) is 0 Å². The molecule has 4 aromatic rings. The Balaban J connectivity index is 1.45. The summed E-state index contributed by atoms with van der Waals surface area (Å²) in [7, 11) is -3.15. The lowest BCUT2D eigenvalue weighted by Crippen LogP contribution is -2.23. The number of amides is 1. The number of nitrogens with zero attached hydrogens (tertiary/aromatic N) is 2. The van der Waals surface area contributed by atoms with Crippen LogP contribution in [0, 0.1) is 11.7 Å². The molecular formula is C26H26FN3O3S. The first-order valence-electron chi connectivity index (χ1n) is 11.0. The van der Waals surface area contributed by atoms with Crippen molar-refractivity contribution >= 4 is 26.6 Å². The third kappa shape index (κ3) is 5.51. The quantitative estimate of drug-likeness (QED) is 0.398. The molecule has 0 bridgehead atoms. The van der Waals surface area contributed by atoms with Crippen LogP contribution >= 0.6 is 0 Å². The lowest BCUT2D eigenvalue weighted by molar-refractivity contribution is 0.0952. The van der Waals surface area contributed by atoms with Crippen LogP contribution in [0.15, 0.2) is 72.9 Å². The van der Waals surface area contributed by atoms with Gasteiger partial charge < -0.3 is 5.32 Å². The lowest BCUT2D eigenvalue weighted by atomic mass is 10.1. The Morgan fingerprint density at radius 1 is 1.00 bits per heavy atom. The molecule has 0 saturated carbocycles. The van der Waals surface area contributed by atoms with E-state index in [-0.39, 0.29) is 29.1 Å². The van der Waals surface area contributed by atoms with Gasteiger partial charge >= 0.3 is 0 Å². The maximum atomic E-state index is 13.3. The van der Waals surface area contributed by atoms with E-state index in [1.54, 1.807) is 47.3 Å². The number of benzene rings is 3. The van der Waals surface area contributed by atoms with E-state index >= 15 is 0 Å². The first kappa shape index (κ1) is 23.6. The average Bonchev–Trinajstić information content (AvgIpc) is 3.22. The van der Waals surface area contributed by atoms with Crippen molar-refractivity contribution in [2.75, 3.05) is 5.75 Å². The van der Waals surface area contributed by atoms with E-state index in [2.05, 4.69) is 10.4 Å². The SMILES string of the molecule is CC(C)CS(=O)(=O)Cc1ccc(CNC(=O)c2cccc3c2cnn3-c2ccc(F)cc2)cc1. The summed E-state index contributed by atoms with van der Waals surface area (Å²) in [5.74, 6) is -0.309. The number of fused-ring (bicyclic) bond motifs is 1. The van der Waals surface area contributed by atoms with E-state index in [1.807, 2.05) is 32.0 Å². The molecule has 1 heterocycles. The topological polar surface area (TPSA) is 81.1 Å². The molecule has 0 saturated heterocycles. The van der Waals surface area contributed by atoms with Gasteiger partial charge in [0.25, 0.3) is 5.91 Å². The highest BCUT2D eigenvalue weighted by molar-refractivity contribution is 7.90. The number of aromatic nitrogens is 2. The summed E-state index contributed by atoms with van der Waals surface area (Å²) in [6.07, 6.45) is 1.62. The Kier molecular flexibility index (Phi) is 6.79. The molecule has 1 N–H and O–H groups in total. The van der Waals surface area contributed by atoms with Crippen LogP contribution in [0.2, 0.25) is 0 Å². The number of halogens is 1. The van der Waals surface area contributed by atoms with Crippen LogP contribution in [0.4, 0.5) is 4.39 Å². The standard InChI is InChI=1S/C26H26FN3O3S/c1-18(2)16-34(32,33)17-20-8-6-19(7-9-20)14-28-26(31)23-4-3-5-25-24(23)15-29-30(25)22-12-10-21(27)11-13-22/h3-13,15,18H,14,16-17H2,1-2H3,(H,28,31). The highest BCUT2D eigenvalue weighted by Gasteiger charge is 2.15. The summed E-state index contributed by atoms with van der Waals surface area (Å²) in [5.41, 5.74) is 3.53. The molecule has 0 radical (unpaired) electrons. The zero-order chi connectivity index (χ0) is 24.3. The van der Waals surface area contributed by atoms with E-state index in [0.29, 0.717) is 23.2 Å². The predicted molar refractivity (Wildman–Crippen MR) is 131 cm³/mol. The molecule has 1 aromatic heterocycles. The number of hydrogen-bond donors (Lipinski definition) is 1. The van der Waals surface area contributed by atoms with Gasteiger partial charge in [0, 0.05) is 11.9 Å². The molecule has 0 atom stereocenters. The second-order valence-electron chi connectivity index (χ2n) is 8.72. The van der Waals surface area contributed by atoms with E-state index in [0.717, 1.165) is 16.6 Å². The fourth-order valence-electron chi connectivity index (χ4n) is 3.89. The maximum Gasteiger partial charge on any atom is 0.252 e. The second-order valence-corrected chi connectivity index (χ2v) is 10.8. The molecule has 176 valence electrons. The molecule has 3 aromatic carbocycles. The monoisotopic (exact) mass is 479 g/mol. The molecule has 8 heteroatoms. The van der Waals surface area contributed by atoms with Gasteiger partial charge in [-0.1, -0.05) is 44.2 Å². The fourth-order valence-corrected chi connectivity index (χ4v) is 5.72. The smallest absolute Gasteiger partial charge is 0.252 e. The van der Waals surface area contributed by atoms with Gasteiger partial charge in [0.05, 0.1) is 34.5 Å². The molecule has 6 nitrogen and oxygen atoms in total. The van der Waals surface area contributed by atoms with Gasteiger partial charge in [0.1, 0.15) is 5.82 Å². The van der Waals surface area contributed by atoms with Crippen molar-refractivity contribution in [1.82, 2.24) is 15.1 Å². The van der Waals surface area contributed by atoms with Crippen molar-refractivity contribution in [2.24, 2.45) is 5.92 Å². The number of nitrogens with one attached hydrogen (secondary N) is 1. The van der Waals surface area contributed by atoms with Gasteiger partial charge in [0.15, 0.2) is 9.84 Å². The van der Waals surface area contributed by atoms with Crippen molar-refractivity contribution < 1.29 is 17.6 Å². The largest absolute Gasteiger partial charge is 0.348 e. The minimum Gasteiger partial charge on any atom is -0.348 e. The normalized spacial score (nSPS) is 11.8. The minimum atomic E-state index is -3.15. The molecule has 0 unspecified atom stereocenters. The molecule has 34 heavy (non-hydrogen) atoms. The van der Waals surface area contributed by atoms with E-state index in [4.69, 9.17) is 0 Å². The third-order valence-electron chi connectivity index (χ3n) is 5.38. The van der Waals surface area contributed by atoms with Crippen molar-refractivity contribution in [1.29, 1.82) is 0 Å². The summed E-state index contributed by atoms with van der Waals surface area (Å²) < 4.78 is 39.3. The number of carbonyl (C=O) groups excluding carboxylic acids is 1. The summed E-state index contributed by atoms with van der Waals surface area (Å²) in [6, 6.07) is 18.6. The molecule has 0 spiro atoms. The number of sulfone groups is 1. The Morgan fingerprint density at radius 2 is 1.68 bits per heavy atom. The summed E-state index contributed by atoms with van der Waals surface area (Å²) >= 11 is 0. The van der Waals surface area contributed by atoms with Crippen molar-refractivity contribution in [3.05, 3.63) is 95.4 Å². The van der Waals surface area contributed by atoms with Gasteiger partial charge in [-0.3, -0.25) is 4.79 Å². The van der Waals surface area contributed by atoms with Crippen LogP contribution in [0.1, 0.15) is 35.3 Å². The Labute approximate surface area is 198 Å². The first-order valence-corrected chi connectivity index (χ1v) is 12.8. The molecule has 0 aliphatic heterocycles. The van der Waals surface area contributed by atoms with Crippen LogP contribution in [-0.4, -0.2) is 29.9 Å². The van der Waals surface area contributed by atoms with Crippen LogP contribution in [0.3, 0.4) is 0 Å². The maximum absolute atomic E-state index is 13.3. The molecule has 1 amide bonds. The fraction of sp³-hybridized carbons (Fsp3) is 0.231. The summed E-state index contributed by atoms with van der Waals surface area (Å²) in [4.78, 5) is 12.9. The molecule has 0 aliphatic carbocycles. The van der Waals surface area contributed by atoms with Crippen LogP contribution in [0.25, 0.3) is 16.6 Å². The minimum absolute atomic E-state index is 0.0118. The van der Waals surface area contributed by atoms with Crippen LogP contribution in [-0.2, 0) is 22.1 Å². The zero-order valence-corrected chi connectivity index (χ0v) is 19.8. The number of rotatable bonds is 8. The van der Waals surface area contributed by atoms with E-state index < -0.39 is 9.84 Å². The molecule has 0 aliphatic rings. The molecular weight excluding hydrogens is 453 g/mol. The second kappa shape index (κ2) is 9.77.